The summed E-state index contributed by atoms with van der Waals surface area (Å²) >= 11 is 0. The standard InChI is InChI=1S/C85H49F2N7/c86-69-26-17-27-70(87)85(69)68-49-84(94-81-47-54(91-75-32-13-5-22-60(75)61-23-6-14-33-76(61)91)38-42-66(81)67-43-39-55(48-82(67)94)92-77-34-15-7-24-62(77)63-25-8-16-35-78(63)92)83(44-51(68)50-88)93-79-45-52(89-71-28-9-1-18-56(71)57-19-2-10-29-72(57)89)36-40-64(79)65-41-37-53(46-80(65)93)90-73-30-11-3-20-58(73)59-21-4-12-31-74(59)90/h1-49H. The molecule has 9 heteroatoms. The molecule has 6 aromatic heterocycles. The Bertz CT molecular complexity index is 6160. The van der Waals surface area contributed by atoms with Crippen LogP contribution in [0, 0.1) is 23.0 Å². The van der Waals surface area contributed by atoms with E-state index in [1.165, 1.54) is 18.2 Å². The summed E-state index contributed by atoms with van der Waals surface area (Å²) in [5.74, 6) is -1.55. The highest BCUT2D eigenvalue weighted by Crippen LogP contribution is 2.46. The molecule has 0 N–H and O–H groups in total. The van der Waals surface area contributed by atoms with Gasteiger partial charge in [-0.1, -0.05) is 176 Å². The molecule has 0 radical (unpaired) electrons. The molecule has 0 aliphatic rings. The highest BCUT2D eigenvalue weighted by molar-refractivity contribution is 6.17. The topological polar surface area (TPSA) is 53.4 Å². The quantitative estimate of drug-likeness (QED) is 0.157. The van der Waals surface area contributed by atoms with Crippen molar-refractivity contribution in [2.75, 3.05) is 0 Å². The van der Waals surface area contributed by atoms with Gasteiger partial charge in [0, 0.05) is 92.9 Å². The second-order valence-corrected chi connectivity index (χ2v) is 24.6. The predicted octanol–water partition coefficient (Wildman–Crippen LogP) is 22.1. The van der Waals surface area contributed by atoms with Gasteiger partial charge in [0.25, 0.3) is 0 Å². The molecule has 7 nitrogen and oxygen atoms in total. The first kappa shape index (κ1) is 52.0. The Hall–Kier alpha value is -12.8. The molecule has 0 saturated heterocycles. The van der Waals surface area contributed by atoms with Crippen molar-refractivity contribution in [1.29, 1.82) is 5.26 Å². The van der Waals surface area contributed by atoms with E-state index in [1.54, 1.807) is 0 Å². The van der Waals surface area contributed by atoms with Crippen LogP contribution in [0.4, 0.5) is 8.78 Å². The van der Waals surface area contributed by atoms with Crippen LogP contribution in [-0.2, 0) is 0 Å². The summed E-state index contributed by atoms with van der Waals surface area (Å²) < 4.78 is 47.9. The lowest BCUT2D eigenvalue weighted by Gasteiger charge is -2.21. The Balaban J connectivity index is 0.969. The van der Waals surface area contributed by atoms with Crippen LogP contribution in [0.15, 0.2) is 297 Å². The monoisotopic (exact) mass is 1210 g/mol. The van der Waals surface area contributed by atoms with Gasteiger partial charge in [0.15, 0.2) is 0 Å². The molecule has 0 fully saturated rings. The Morgan fingerprint density at radius 3 is 0.713 bits per heavy atom. The molecule has 0 aliphatic carbocycles. The summed E-state index contributed by atoms with van der Waals surface area (Å²) in [5, 5.41) is 24.7. The third-order valence-electron chi connectivity index (χ3n) is 19.8. The molecule has 0 amide bonds. The maximum Gasteiger partial charge on any atom is 0.134 e. The lowest BCUT2D eigenvalue weighted by Crippen LogP contribution is -2.07. The van der Waals surface area contributed by atoms with Crippen LogP contribution < -0.4 is 0 Å². The fourth-order valence-electron chi connectivity index (χ4n) is 15.9. The minimum atomic E-state index is -0.775. The first-order valence-corrected chi connectivity index (χ1v) is 31.6. The number of benzene rings is 14. The predicted molar refractivity (Wildman–Crippen MR) is 383 cm³/mol. The third kappa shape index (κ3) is 7.22. The molecule has 438 valence electrons. The second kappa shape index (κ2) is 19.6. The van der Waals surface area contributed by atoms with Gasteiger partial charge < -0.3 is 27.4 Å². The molecule has 0 bridgehead atoms. The highest BCUT2D eigenvalue weighted by Gasteiger charge is 2.28. The number of hydrogen-bond acceptors (Lipinski definition) is 1. The number of fused-ring (bicyclic) bond motifs is 18. The van der Waals surface area contributed by atoms with E-state index in [1.807, 2.05) is 12.1 Å². The van der Waals surface area contributed by atoms with Crippen LogP contribution in [0.2, 0.25) is 0 Å². The number of aromatic nitrogens is 6. The first-order valence-electron chi connectivity index (χ1n) is 31.6. The zero-order chi connectivity index (χ0) is 62.0. The zero-order valence-electron chi connectivity index (χ0n) is 50.2. The lowest BCUT2D eigenvalue weighted by molar-refractivity contribution is 0.589. The smallest absolute Gasteiger partial charge is 0.134 e. The first-order chi connectivity index (χ1) is 46.5. The molecule has 94 heavy (non-hydrogen) atoms. The number of para-hydroxylation sites is 8. The van der Waals surface area contributed by atoms with Gasteiger partial charge >= 0.3 is 0 Å². The molecular formula is C85H49F2N7. The van der Waals surface area contributed by atoms with Crippen molar-refractivity contribution in [2.45, 2.75) is 0 Å². The Kier molecular flexibility index (Phi) is 10.9. The minimum absolute atomic E-state index is 0.104. The number of halogens is 2. The van der Waals surface area contributed by atoms with E-state index >= 15 is 8.78 Å². The summed E-state index contributed by atoms with van der Waals surface area (Å²) in [7, 11) is 0. The molecule has 20 rings (SSSR count). The van der Waals surface area contributed by atoms with Crippen LogP contribution in [0.3, 0.4) is 0 Å². The van der Waals surface area contributed by atoms with E-state index < -0.39 is 11.6 Å². The summed E-state index contributed by atoms with van der Waals surface area (Å²) in [6, 6.07) is 105. The van der Waals surface area contributed by atoms with Gasteiger partial charge in [-0.15, -0.1) is 0 Å². The molecule has 0 spiro atoms. The van der Waals surface area contributed by atoms with E-state index in [-0.39, 0.29) is 16.7 Å². The van der Waals surface area contributed by atoms with Crippen molar-refractivity contribution in [3.05, 3.63) is 314 Å². The largest absolute Gasteiger partial charge is 0.309 e. The molecule has 0 atom stereocenters. The van der Waals surface area contributed by atoms with Crippen molar-refractivity contribution in [3.8, 4) is 51.3 Å². The van der Waals surface area contributed by atoms with Crippen LogP contribution in [0.5, 0.6) is 0 Å². The summed E-state index contributed by atoms with van der Waals surface area (Å²) in [6.45, 7) is 0. The van der Waals surface area contributed by atoms with Crippen LogP contribution in [-0.4, -0.2) is 27.4 Å². The number of hydrogen-bond donors (Lipinski definition) is 0. The van der Waals surface area contributed by atoms with E-state index in [0.29, 0.717) is 11.4 Å². The zero-order valence-corrected chi connectivity index (χ0v) is 50.2. The SMILES string of the molecule is N#Cc1cc(-n2c3cc(-n4c5ccccc5c5ccccc54)ccc3c3ccc(-n4c5ccccc5c5ccccc54)cc32)c(-n2c3cc(-n4c5ccccc5c5ccccc54)ccc3c3ccc(-n4c5ccccc5c5ccccc54)cc32)cc1-c1c(F)cccc1F. The third-order valence-corrected chi connectivity index (χ3v) is 19.8. The Morgan fingerprint density at radius 2 is 0.457 bits per heavy atom. The normalized spacial score (nSPS) is 12.1. The summed E-state index contributed by atoms with van der Waals surface area (Å²) in [5.41, 5.74) is 16.8. The highest BCUT2D eigenvalue weighted by atomic mass is 19.1. The van der Waals surface area contributed by atoms with Crippen molar-refractivity contribution in [2.24, 2.45) is 0 Å². The van der Waals surface area contributed by atoms with E-state index in [4.69, 9.17) is 0 Å². The molecule has 20 aromatic rings. The molecule has 14 aromatic carbocycles. The van der Waals surface area contributed by atoms with E-state index in [2.05, 4.69) is 300 Å². The Morgan fingerprint density at radius 1 is 0.223 bits per heavy atom. The number of nitrogens with zero attached hydrogens (tertiary/aromatic N) is 7. The van der Waals surface area contributed by atoms with Gasteiger partial charge in [-0.25, -0.2) is 8.78 Å². The summed E-state index contributed by atoms with van der Waals surface area (Å²) in [4.78, 5) is 0. The fraction of sp³-hybridized carbons (Fsp3) is 0. The van der Waals surface area contributed by atoms with Crippen molar-refractivity contribution in [3.63, 3.8) is 0 Å². The van der Waals surface area contributed by atoms with Crippen LogP contribution >= 0.6 is 0 Å². The molecule has 0 aliphatic heterocycles. The van der Waals surface area contributed by atoms with E-state index in [0.717, 1.165) is 154 Å². The van der Waals surface area contributed by atoms with Crippen LogP contribution in [0.25, 0.3) is 176 Å². The van der Waals surface area contributed by atoms with Gasteiger partial charge in [-0.3, -0.25) is 0 Å². The van der Waals surface area contributed by atoms with Crippen molar-refractivity contribution < 1.29 is 8.78 Å². The lowest BCUT2D eigenvalue weighted by atomic mass is 9.97. The van der Waals surface area contributed by atoms with E-state index in [9.17, 15) is 5.26 Å². The van der Waals surface area contributed by atoms with Crippen LogP contribution in [0.1, 0.15) is 5.56 Å². The molecule has 6 heterocycles. The molecule has 0 unspecified atom stereocenters. The number of rotatable bonds is 7. The van der Waals surface area contributed by atoms with Gasteiger partial charge in [-0.2, -0.15) is 5.26 Å². The average molecular weight is 1210 g/mol. The van der Waals surface area contributed by atoms with Crippen molar-refractivity contribution in [1.82, 2.24) is 27.4 Å². The van der Waals surface area contributed by atoms with Gasteiger partial charge in [0.1, 0.15) is 11.6 Å². The van der Waals surface area contributed by atoms with Gasteiger partial charge in [0.05, 0.1) is 94.8 Å². The molecule has 0 saturated carbocycles. The van der Waals surface area contributed by atoms with Crippen molar-refractivity contribution >= 4 is 131 Å². The fourth-order valence-corrected chi connectivity index (χ4v) is 15.9. The Labute approximate surface area is 535 Å². The second-order valence-electron chi connectivity index (χ2n) is 24.6. The summed E-state index contributed by atoms with van der Waals surface area (Å²) in [6.07, 6.45) is 0. The average Bonchev–Trinajstić information content (AvgIpc) is 1.56. The minimum Gasteiger partial charge on any atom is -0.309 e. The maximum absolute atomic E-state index is 17.0. The molecular weight excluding hydrogens is 1160 g/mol. The van der Waals surface area contributed by atoms with Gasteiger partial charge in [-0.05, 0) is 121 Å². The van der Waals surface area contributed by atoms with Gasteiger partial charge in [0.2, 0.25) is 0 Å². The number of nitriles is 1. The maximum atomic E-state index is 17.0.